The molecule has 1 aliphatic heterocycles. The van der Waals surface area contributed by atoms with Gasteiger partial charge in [-0.15, -0.1) is 0 Å². The minimum atomic E-state index is -0.0879. The first kappa shape index (κ1) is 22.5. The summed E-state index contributed by atoms with van der Waals surface area (Å²) in [5.41, 5.74) is 2.10. The quantitative estimate of drug-likeness (QED) is 0.258. The molecule has 0 bridgehead atoms. The number of unbranched alkanes of at least 4 members (excludes halogenated alkanes) is 7. The average Bonchev–Trinajstić information content (AvgIpc) is 2.73. The van der Waals surface area contributed by atoms with Crippen molar-refractivity contribution in [2.75, 3.05) is 19.0 Å². The van der Waals surface area contributed by atoms with E-state index < -0.39 is 0 Å². The van der Waals surface area contributed by atoms with Crippen molar-refractivity contribution in [1.82, 2.24) is 4.90 Å². The fourth-order valence-corrected chi connectivity index (χ4v) is 3.56. The summed E-state index contributed by atoms with van der Waals surface area (Å²) in [7, 11) is 1.52. The lowest BCUT2D eigenvalue weighted by Gasteiger charge is -2.18. The number of carbonyl (C=O) groups is 1. The lowest BCUT2D eigenvalue weighted by molar-refractivity contribution is -0.114. The smallest absolute Gasteiger partial charge is 0.220 e. The predicted octanol–water partition coefficient (Wildman–Crippen LogP) is 6.37. The van der Waals surface area contributed by atoms with E-state index in [-0.39, 0.29) is 5.78 Å². The third-order valence-corrected chi connectivity index (χ3v) is 5.43. The molecule has 4 heteroatoms. The van der Waals surface area contributed by atoms with E-state index >= 15 is 0 Å². The van der Waals surface area contributed by atoms with Crippen LogP contribution < -0.4 is 0 Å². The molecule has 0 spiro atoms. The van der Waals surface area contributed by atoms with Crippen molar-refractivity contribution in [2.24, 2.45) is 0 Å². The maximum Gasteiger partial charge on any atom is 0.220 e. The lowest BCUT2D eigenvalue weighted by atomic mass is 10.1. The van der Waals surface area contributed by atoms with Gasteiger partial charge in [-0.3, -0.25) is 4.79 Å². The van der Waals surface area contributed by atoms with Crippen molar-refractivity contribution >= 4 is 21.7 Å². The molecule has 1 heterocycles. The number of halogens is 1. The van der Waals surface area contributed by atoms with Crippen LogP contribution in [0.2, 0.25) is 0 Å². The van der Waals surface area contributed by atoms with E-state index in [0.29, 0.717) is 5.76 Å². The number of nitrogens with zero attached hydrogens (tertiary/aromatic N) is 1. The summed E-state index contributed by atoms with van der Waals surface area (Å²) >= 11 is 3.49. The Morgan fingerprint density at radius 3 is 2.11 bits per heavy atom. The van der Waals surface area contributed by atoms with Crippen LogP contribution in [0.15, 0.2) is 71.8 Å². The highest BCUT2D eigenvalue weighted by Gasteiger charge is 2.10. The first-order chi connectivity index (χ1) is 13.7. The number of hydrogen-bond acceptors (Lipinski definition) is 3. The standard InChI is InChI=1S/C24H32BrNO2/c1-28-24-20-22(12-13-23(24)27)11-10-21-14-18-26(19-15-21)17-9-7-5-3-2-4-6-8-16-25/h10-15,18-20H,2-9,16-17H2,1H3. The summed E-state index contributed by atoms with van der Waals surface area (Å²) in [6, 6.07) is 0. The van der Waals surface area contributed by atoms with Crippen LogP contribution >= 0.6 is 15.9 Å². The molecule has 0 atom stereocenters. The van der Waals surface area contributed by atoms with Crippen LogP contribution in [-0.2, 0) is 9.53 Å². The molecule has 2 aliphatic rings. The van der Waals surface area contributed by atoms with Crippen molar-refractivity contribution in [1.29, 1.82) is 0 Å². The Labute approximate surface area is 178 Å². The normalized spacial score (nSPS) is 17.4. The molecule has 28 heavy (non-hydrogen) atoms. The minimum absolute atomic E-state index is 0.0879. The number of ketones is 1. The van der Waals surface area contributed by atoms with Gasteiger partial charge < -0.3 is 9.64 Å². The molecule has 152 valence electrons. The predicted molar refractivity (Wildman–Crippen MR) is 121 cm³/mol. The van der Waals surface area contributed by atoms with E-state index in [2.05, 4.69) is 51.5 Å². The summed E-state index contributed by atoms with van der Waals surface area (Å²) in [4.78, 5) is 13.8. The van der Waals surface area contributed by atoms with E-state index in [1.165, 1.54) is 58.5 Å². The van der Waals surface area contributed by atoms with Gasteiger partial charge in [-0.25, -0.2) is 0 Å². The number of carbonyl (C=O) groups excluding carboxylic acids is 1. The molecule has 0 N–H and O–H groups in total. The molecule has 2 rings (SSSR count). The Kier molecular flexibility index (Phi) is 10.7. The fourth-order valence-electron chi connectivity index (χ4n) is 3.16. The number of hydrogen-bond donors (Lipinski definition) is 0. The van der Waals surface area contributed by atoms with Crippen LogP contribution in [-0.4, -0.2) is 29.7 Å². The molecule has 0 fully saturated rings. The Bertz CT molecular complexity index is 667. The van der Waals surface area contributed by atoms with E-state index in [4.69, 9.17) is 4.74 Å². The molecule has 1 aliphatic carbocycles. The lowest BCUT2D eigenvalue weighted by Crippen LogP contribution is -2.13. The molecule has 0 aromatic carbocycles. The molecule has 0 aromatic rings. The highest BCUT2D eigenvalue weighted by atomic mass is 79.9. The molecule has 0 radical (unpaired) electrons. The zero-order valence-electron chi connectivity index (χ0n) is 16.9. The minimum Gasteiger partial charge on any atom is -0.493 e. The van der Waals surface area contributed by atoms with E-state index in [1.54, 1.807) is 12.2 Å². The van der Waals surface area contributed by atoms with Gasteiger partial charge in [-0.2, -0.15) is 0 Å². The second-order valence-electron chi connectivity index (χ2n) is 7.13. The molecule has 0 saturated heterocycles. The Balaban J connectivity index is 1.65. The summed E-state index contributed by atoms with van der Waals surface area (Å²) in [5, 5.41) is 1.14. The van der Waals surface area contributed by atoms with Gasteiger partial charge in [-0.1, -0.05) is 72.7 Å². The molecular weight excluding hydrogens is 414 g/mol. The Hall–Kier alpha value is -1.81. The first-order valence-corrected chi connectivity index (χ1v) is 11.4. The number of allylic oxidation sites excluding steroid dienone is 9. The van der Waals surface area contributed by atoms with Gasteiger partial charge in [0.15, 0.2) is 5.76 Å². The zero-order valence-corrected chi connectivity index (χ0v) is 18.5. The van der Waals surface area contributed by atoms with Gasteiger partial charge in [0.25, 0.3) is 0 Å². The summed E-state index contributed by atoms with van der Waals surface area (Å²) < 4.78 is 5.09. The van der Waals surface area contributed by atoms with E-state index in [0.717, 1.165) is 23.0 Å². The number of ether oxygens (including phenoxy) is 1. The fraction of sp³-hybridized carbons (Fsp3) is 0.458. The summed E-state index contributed by atoms with van der Waals surface area (Å²) in [6.45, 7) is 1.08. The molecular formula is C24H32BrNO2. The Morgan fingerprint density at radius 1 is 0.857 bits per heavy atom. The molecule has 3 nitrogen and oxygen atoms in total. The van der Waals surface area contributed by atoms with Crippen molar-refractivity contribution in [3.05, 3.63) is 71.8 Å². The zero-order chi connectivity index (χ0) is 20.0. The molecule has 0 amide bonds. The van der Waals surface area contributed by atoms with Gasteiger partial charge in [-0.05, 0) is 48.3 Å². The van der Waals surface area contributed by atoms with Crippen LogP contribution in [0.5, 0.6) is 0 Å². The van der Waals surface area contributed by atoms with Crippen LogP contribution in [0.3, 0.4) is 0 Å². The number of methoxy groups -OCH3 is 1. The van der Waals surface area contributed by atoms with Crippen molar-refractivity contribution in [3.8, 4) is 0 Å². The third kappa shape index (κ3) is 8.47. The van der Waals surface area contributed by atoms with Gasteiger partial charge in [0.2, 0.25) is 5.78 Å². The van der Waals surface area contributed by atoms with E-state index in [9.17, 15) is 4.79 Å². The van der Waals surface area contributed by atoms with Crippen LogP contribution in [0, 0.1) is 0 Å². The third-order valence-electron chi connectivity index (χ3n) is 4.87. The van der Waals surface area contributed by atoms with Gasteiger partial charge >= 0.3 is 0 Å². The molecule has 0 unspecified atom stereocenters. The van der Waals surface area contributed by atoms with Crippen LogP contribution in [0.4, 0.5) is 0 Å². The maximum absolute atomic E-state index is 11.6. The highest BCUT2D eigenvalue weighted by molar-refractivity contribution is 9.09. The maximum atomic E-state index is 11.6. The largest absolute Gasteiger partial charge is 0.493 e. The SMILES string of the molecule is COC1=CC(=CC=C2C=CN(CCCCCCCCCCBr)C=C2)C=CC1=O. The Morgan fingerprint density at radius 2 is 1.46 bits per heavy atom. The van der Waals surface area contributed by atoms with Crippen molar-refractivity contribution in [3.63, 3.8) is 0 Å². The summed E-state index contributed by atoms with van der Waals surface area (Å²) in [5.74, 6) is 0.294. The van der Waals surface area contributed by atoms with Crippen LogP contribution in [0.1, 0.15) is 51.4 Å². The van der Waals surface area contributed by atoms with E-state index in [1.807, 2.05) is 12.2 Å². The van der Waals surface area contributed by atoms with Gasteiger partial charge in [0.05, 0.1) is 7.11 Å². The van der Waals surface area contributed by atoms with Crippen molar-refractivity contribution in [2.45, 2.75) is 51.4 Å². The highest BCUT2D eigenvalue weighted by Crippen LogP contribution is 2.16. The summed E-state index contributed by atoms with van der Waals surface area (Å²) in [6.07, 6.45) is 28.4. The average molecular weight is 446 g/mol. The van der Waals surface area contributed by atoms with Crippen molar-refractivity contribution < 1.29 is 9.53 Å². The monoisotopic (exact) mass is 445 g/mol. The van der Waals surface area contributed by atoms with Gasteiger partial charge in [0, 0.05) is 24.3 Å². The number of alkyl halides is 1. The topological polar surface area (TPSA) is 29.5 Å². The van der Waals surface area contributed by atoms with Gasteiger partial charge in [0.1, 0.15) is 0 Å². The second-order valence-corrected chi connectivity index (χ2v) is 7.92. The number of rotatable bonds is 12. The molecule has 0 saturated carbocycles. The second kappa shape index (κ2) is 13.4. The van der Waals surface area contributed by atoms with Crippen LogP contribution in [0.25, 0.3) is 0 Å². The molecule has 0 aromatic heterocycles. The first-order valence-electron chi connectivity index (χ1n) is 10.3.